The lowest BCUT2D eigenvalue weighted by Crippen LogP contribution is -1.99. The number of nitrogens with zero attached hydrogens (tertiary/aromatic N) is 4. The van der Waals surface area contributed by atoms with Crippen molar-refractivity contribution in [3.05, 3.63) is 30.4 Å². The van der Waals surface area contributed by atoms with Crippen LogP contribution in [0.2, 0.25) is 0 Å². The van der Waals surface area contributed by atoms with Crippen LogP contribution < -0.4 is 5.73 Å². The van der Waals surface area contributed by atoms with E-state index < -0.39 is 0 Å². The number of anilines is 1. The summed E-state index contributed by atoms with van der Waals surface area (Å²) < 4.78 is 0. The summed E-state index contributed by atoms with van der Waals surface area (Å²) in [4.78, 5) is 16.1. The molecule has 2 aromatic heterocycles. The first kappa shape index (κ1) is 8.55. The summed E-state index contributed by atoms with van der Waals surface area (Å²) in [7, 11) is 0. The van der Waals surface area contributed by atoms with E-state index in [0.717, 1.165) is 5.69 Å². The number of nitrogen functional groups attached to an aromatic ring is 1. The molecule has 0 bridgehead atoms. The van der Waals surface area contributed by atoms with Gasteiger partial charge in [-0.3, -0.25) is 9.97 Å². The average Bonchev–Trinajstić information content (AvgIpc) is 2.18. The molecule has 0 aromatic carbocycles. The molecule has 0 fully saturated rings. The highest BCUT2D eigenvalue weighted by Crippen LogP contribution is 2.13. The van der Waals surface area contributed by atoms with Gasteiger partial charge in [-0.1, -0.05) is 0 Å². The molecule has 5 nitrogen and oxygen atoms in total. The summed E-state index contributed by atoms with van der Waals surface area (Å²) in [6, 6.07) is 1.82. The molecule has 2 N–H and O–H groups in total. The summed E-state index contributed by atoms with van der Waals surface area (Å²) in [6.45, 7) is 1.86. The highest BCUT2D eigenvalue weighted by atomic mass is 15.0. The van der Waals surface area contributed by atoms with Crippen molar-refractivity contribution >= 4 is 5.95 Å². The molecular formula is C9H9N5. The van der Waals surface area contributed by atoms with Gasteiger partial charge in [-0.25, -0.2) is 9.97 Å². The number of rotatable bonds is 1. The van der Waals surface area contributed by atoms with E-state index in [0.29, 0.717) is 11.4 Å². The van der Waals surface area contributed by atoms with Gasteiger partial charge >= 0.3 is 0 Å². The van der Waals surface area contributed by atoms with Gasteiger partial charge < -0.3 is 5.73 Å². The van der Waals surface area contributed by atoms with Gasteiger partial charge in [-0.2, -0.15) is 0 Å². The van der Waals surface area contributed by atoms with Gasteiger partial charge in [0.05, 0.1) is 11.9 Å². The van der Waals surface area contributed by atoms with Crippen LogP contribution in [0.15, 0.2) is 24.7 Å². The van der Waals surface area contributed by atoms with E-state index in [4.69, 9.17) is 5.73 Å². The normalized spacial score (nSPS) is 10.1. The summed E-state index contributed by atoms with van der Waals surface area (Å²) >= 11 is 0. The highest BCUT2D eigenvalue weighted by molar-refractivity contribution is 5.54. The van der Waals surface area contributed by atoms with Gasteiger partial charge in [-0.05, 0) is 13.0 Å². The summed E-state index contributed by atoms with van der Waals surface area (Å²) in [5.74, 6) is 0.255. The number of aryl methyl sites for hydroxylation is 1. The van der Waals surface area contributed by atoms with Crippen LogP contribution in [-0.2, 0) is 0 Å². The van der Waals surface area contributed by atoms with Crippen molar-refractivity contribution in [2.75, 3.05) is 5.73 Å². The predicted molar refractivity (Wildman–Crippen MR) is 52.2 cm³/mol. The molecule has 0 atom stereocenters. The lowest BCUT2D eigenvalue weighted by atomic mass is 10.3. The van der Waals surface area contributed by atoms with Gasteiger partial charge in [-0.15, -0.1) is 0 Å². The largest absolute Gasteiger partial charge is 0.368 e. The van der Waals surface area contributed by atoms with Gasteiger partial charge in [0.15, 0.2) is 0 Å². The molecule has 5 heteroatoms. The fourth-order valence-corrected chi connectivity index (χ4v) is 1.15. The highest BCUT2D eigenvalue weighted by Gasteiger charge is 2.02. The first-order valence-corrected chi connectivity index (χ1v) is 4.13. The van der Waals surface area contributed by atoms with Crippen LogP contribution in [0.3, 0.4) is 0 Å². The third-order valence-electron chi connectivity index (χ3n) is 1.70. The van der Waals surface area contributed by atoms with Gasteiger partial charge in [0.25, 0.3) is 0 Å². The predicted octanol–water partition coefficient (Wildman–Crippen LogP) is 0.824. The van der Waals surface area contributed by atoms with Crippen molar-refractivity contribution < 1.29 is 0 Å². The molecule has 0 radical (unpaired) electrons. The second-order valence-electron chi connectivity index (χ2n) is 2.84. The minimum atomic E-state index is 0.255. The van der Waals surface area contributed by atoms with Crippen LogP contribution in [0.5, 0.6) is 0 Å². The van der Waals surface area contributed by atoms with Crippen LogP contribution in [0.25, 0.3) is 11.4 Å². The maximum atomic E-state index is 5.53. The Hall–Kier alpha value is -2.04. The van der Waals surface area contributed by atoms with E-state index in [2.05, 4.69) is 19.9 Å². The summed E-state index contributed by atoms with van der Waals surface area (Å²) in [5, 5.41) is 0. The molecule has 0 aliphatic heterocycles. The van der Waals surface area contributed by atoms with Crippen molar-refractivity contribution in [3.63, 3.8) is 0 Å². The zero-order valence-corrected chi connectivity index (χ0v) is 7.68. The Morgan fingerprint density at radius 3 is 2.64 bits per heavy atom. The molecule has 0 aliphatic rings. The minimum Gasteiger partial charge on any atom is -0.368 e. The van der Waals surface area contributed by atoms with E-state index in [-0.39, 0.29) is 5.95 Å². The number of nitrogens with two attached hydrogens (primary N) is 1. The zero-order chi connectivity index (χ0) is 9.97. The quantitative estimate of drug-likeness (QED) is 0.715. The van der Waals surface area contributed by atoms with E-state index in [1.807, 2.05) is 13.0 Å². The summed E-state index contributed by atoms with van der Waals surface area (Å²) in [5.41, 5.74) is 7.74. The third kappa shape index (κ3) is 1.66. The molecule has 0 unspecified atom stereocenters. The molecule has 2 aromatic rings. The molecule has 2 heterocycles. The third-order valence-corrected chi connectivity index (χ3v) is 1.70. The Kier molecular flexibility index (Phi) is 2.06. The van der Waals surface area contributed by atoms with Crippen molar-refractivity contribution in [2.24, 2.45) is 0 Å². The molecule has 14 heavy (non-hydrogen) atoms. The van der Waals surface area contributed by atoms with Gasteiger partial charge in [0.1, 0.15) is 5.69 Å². The summed E-state index contributed by atoms with van der Waals surface area (Å²) in [6.07, 6.45) is 4.87. The van der Waals surface area contributed by atoms with Gasteiger partial charge in [0, 0.05) is 18.1 Å². The van der Waals surface area contributed by atoms with Crippen LogP contribution in [0, 0.1) is 6.92 Å². The molecule has 0 aliphatic carbocycles. The second-order valence-corrected chi connectivity index (χ2v) is 2.84. The second kappa shape index (κ2) is 3.37. The van der Waals surface area contributed by atoms with E-state index in [9.17, 15) is 0 Å². The maximum absolute atomic E-state index is 5.53. The van der Waals surface area contributed by atoms with Crippen molar-refractivity contribution in [3.8, 4) is 11.4 Å². The average molecular weight is 187 g/mol. The van der Waals surface area contributed by atoms with Crippen LogP contribution >= 0.6 is 0 Å². The van der Waals surface area contributed by atoms with E-state index in [1.165, 1.54) is 0 Å². The van der Waals surface area contributed by atoms with Crippen molar-refractivity contribution in [1.29, 1.82) is 0 Å². The number of aromatic nitrogens is 4. The molecular weight excluding hydrogens is 178 g/mol. The fraction of sp³-hybridized carbons (Fsp3) is 0.111. The van der Waals surface area contributed by atoms with E-state index in [1.54, 1.807) is 18.6 Å². The minimum absolute atomic E-state index is 0.255. The maximum Gasteiger partial charge on any atom is 0.220 e. The standard InChI is InChI=1S/C9H9N5/c1-6-4-7(14-9(10)13-6)8-5-11-2-3-12-8/h2-5H,1H3,(H2,10,13,14). The van der Waals surface area contributed by atoms with Crippen molar-refractivity contribution in [2.45, 2.75) is 6.92 Å². The molecule has 70 valence electrons. The first-order chi connectivity index (χ1) is 6.75. The smallest absolute Gasteiger partial charge is 0.220 e. The number of hydrogen-bond acceptors (Lipinski definition) is 5. The van der Waals surface area contributed by atoms with Crippen LogP contribution in [0.1, 0.15) is 5.69 Å². The Morgan fingerprint density at radius 2 is 2.00 bits per heavy atom. The number of hydrogen-bond donors (Lipinski definition) is 1. The SMILES string of the molecule is Cc1cc(-c2cnccn2)nc(N)n1. The fourth-order valence-electron chi connectivity index (χ4n) is 1.15. The topological polar surface area (TPSA) is 77.6 Å². The lowest BCUT2D eigenvalue weighted by Gasteiger charge is -2.01. The lowest BCUT2D eigenvalue weighted by molar-refractivity contribution is 1.10. The monoisotopic (exact) mass is 187 g/mol. The molecule has 2 rings (SSSR count). The zero-order valence-electron chi connectivity index (χ0n) is 7.68. The molecule has 0 saturated heterocycles. The van der Waals surface area contributed by atoms with Gasteiger partial charge in [0.2, 0.25) is 5.95 Å². The molecule has 0 spiro atoms. The van der Waals surface area contributed by atoms with Crippen LogP contribution in [0.4, 0.5) is 5.95 Å². The Morgan fingerprint density at radius 1 is 1.14 bits per heavy atom. The first-order valence-electron chi connectivity index (χ1n) is 4.13. The van der Waals surface area contributed by atoms with E-state index >= 15 is 0 Å². The Labute approximate surface area is 81.1 Å². The van der Waals surface area contributed by atoms with Crippen molar-refractivity contribution in [1.82, 2.24) is 19.9 Å². The Bertz CT molecular complexity index is 420. The van der Waals surface area contributed by atoms with Crippen LogP contribution in [-0.4, -0.2) is 19.9 Å². The molecule has 0 amide bonds. The Balaban J connectivity index is 2.52. The molecule has 0 saturated carbocycles.